The number of non-ortho nitro benzene ring substituents is 1. The summed E-state index contributed by atoms with van der Waals surface area (Å²) >= 11 is 0. The quantitative estimate of drug-likeness (QED) is 0.101. The van der Waals surface area contributed by atoms with Crippen LogP contribution in [0.4, 0.5) is 10.1 Å². The average molecular weight is 587 g/mol. The number of hydrogen-bond acceptors (Lipinski definition) is 7. The summed E-state index contributed by atoms with van der Waals surface area (Å²) in [7, 11) is 0. The molecule has 0 aliphatic carbocycles. The molecule has 0 fully saturated rings. The first-order chi connectivity index (χ1) is 21.4. The van der Waals surface area contributed by atoms with Crippen LogP contribution in [0.1, 0.15) is 30.5 Å². The second-order valence-corrected chi connectivity index (χ2v) is 10.4. The van der Waals surface area contributed by atoms with Crippen molar-refractivity contribution < 1.29 is 14.1 Å². The molecule has 2 aromatic heterocycles. The molecular weight excluding hydrogens is 559 g/mol. The molecule has 0 saturated heterocycles. The molecule has 2 heterocycles. The van der Waals surface area contributed by atoms with Gasteiger partial charge in [-0.05, 0) is 41.8 Å². The van der Waals surface area contributed by atoms with E-state index in [2.05, 4.69) is 15.3 Å². The van der Waals surface area contributed by atoms with E-state index in [1.165, 1.54) is 17.1 Å². The van der Waals surface area contributed by atoms with Crippen LogP contribution in [0.3, 0.4) is 0 Å². The first kappa shape index (κ1) is 28.4. The second kappa shape index (κ2) is 11.8. The topological polar surface area (TPSA) is 109 Å². The van der Waals surface area contributed by atoms with Crippen molar-refractivity contribution in [3.05, 3.63) is 154 Å². The number of hydrogen-bond donors (Lipinski definition) is 0. The number of halogens is 1. The number of pyridine rings is 1. The van der Waals surface area contributed by atoms with Crippen molar-refractivity contribution in [3.63, 3.8) is 0 Å². The van der Waals surface area contributed by atoms with Crippen molar-refractivity contribution in [2.45, 2.75) is 25.5 Å². The van der Waals surface area contributed by atoms with Crippen LogP contribution in [-0.4, -0.2) is 36.2 Å². The summed E-state index contributed by atoms with van der Waals surface area (Å²) in [6.45, 7) is 3.75. The molecule has 0 N–H and O–H groups in total. The van der Waals surface area contributed by atoms with Crippen LogP contribution >= 0.6 is 0 Å². The van der Waals surface area contributed by atoms with E-state index in [-0.39, 0.29) is 23.1 Å². The minimum Gasteiger partial charge on any atom is -0.475 e. The van der Waals surface area contributed by atoms with Gasteiger partial charge in [0.2, 0.25) is 11.7 Å². The number of tetrazole rings is 1. The third-order valence-electron chi connectivity index (χ3n) is 7.20. The third kappa shape index (κ3) is 5.17. The lowest BCUT2D eigenvalue weighted by atomic mass is 9.77. The van der Waals surface area contributed by atoms with E-state index < -0.39 is 22.0 Å². The summed E-state index contributed by atoms with van der Waals surface area (Å²) < 4.78 is 21.4. The predicted molar refractivity (Wildman–Crippen MR) is 163 cm³/mol. The number of aromatic nitrogens is 5. The molecule has 4 aromatic carbocycles. The number of rotatable bonds is 9. The first-order valence-electron chi connectivity index (χ1n) is 14.0. The van der Waals surface area contributed by atoms with Crippen LogP contribution in [0, 0.1) is 15.9 Å². The van der Waals surface area contributed by atoms with Crippen LogP contribution < -0.4 is 4.74 Å². The SMILES string of the molecule is CC(C)Oc1ccc(-c2c(F)cc([N+](=O)[O-])cc2-c2nnn(C(c3ccccc3)(c3ccccc3)c3ccccc3)n2)cn1. The molecule has 44 heavy (non-hydrogen) atoms. The lowest BCUT2D eigenvalue weighted by Gasteiger charge is -2.34. The fourth-order valence-corrected chi connectivity index (χ4v) is 5.36. The van der Waals surface area contributed by atoms with Crippen LogP contribution in [0.15, 0.2) is 121 Å². The van der Waals surface area contributed by atoms with E-state index in [0.717, 1.165) is 22.8 Å². The highest BCUT2D eigenvalue weighted by atomic mass is 19.1. The third-order valence-corrected chi connectivity index (χ3v) is 7.20. The van der Waals surface area contributed by atoms with Gasteiger partial charge in [0, 0.05) is 35.0 Å². The van der Waals surface area contributed by atoms with Crippen LogP contribution in [-0.2, 0) is 5.54 Å². The summed E-state index contributed by atoms with van der Waals surface area (Å²) in [5.74, 6) is -0.433. The van der Waals surface area contributed by atoms with Gasteiger partial charge in [0.15, 0.2) is 5.54 Å². The van der Waals surface area contributed by atoms with Crippen LogP contribution in [0.5, 0.6) is 5.88 Å². The zero-order valence-corrected chi connectivity index (χ0v) is 23.9. The maximum Gasteiger partial charge on any atom is 0.273 e. The molecule has 0 saturated carbocycles. The van der Waals surface area contributed by atoms with Crippen molar-refractivity contribution in [3.8, 4) is 28.4 Å². The van der Waals surface area contributed by atoms with E-state index in [1.54, 1.807) is 12.1 Å². The molecule has 0 amide bonds. The summed E-state index contributed by atoms with van der Waals surface area (Å²) in [5, 5.41) is 25.5. The Morgan fingerprint density at radius 2 is 1.41 bits per heavy atom. The molecule has 0 spiro atoms. The molecule has 6 aromatic rings. The molecule has 6 rings (SSSR count). The Morgan fingerprint density at radius 3 is 1.89 bits per heavy atom. The molecule has 0 aliphatic heterocycles. The molecular formula is C34H27FN6O3. The molecule has 218 valence electrons. The number of nitrogens with zero attached hydrogens (tertiary/aromatic N) is 6. The van der Waals surface area contributed by atoms with Gasteiger partial charge >= 0.3 is 0 Å². The average Bonchev–Trinajstić information content (AvgIpc) is 3.53. The maximum atomic E-state index is 15.7. The van der Waals surface area contributed by atoms with E-state index in [4.69, 9.17) is 9.84 Å². The summed E-state index contributed by atoms with van der Waals surface area (Å²) in [4.78, 5) is 16.9. The zero-order valence-electron chi connectivity index (χ0n) is 23.9. The molecule has 0 radical (unpaired) electrons. The lowest BCUT2D eigenvalue weighted by Crippen LogP contribution is -2.39. The highest BCUT2D eigenvalue weighted by molar-refractivity contribution is 5.82. The predicted octanol–water partition coefficient (Wildman–Crippen LogP) is 7.08. The molecule has 0 unspecified atom stereocenters. The van der Waals surface area contributed by atoms with Crippen LogP contribution in [0.25, 0.3) is 22.5 Å². The Kier molecular flexibility index (Phi) is 7.63. The number of nitro benzene ring substituents is 1. The fourth-order valence-electron chi connectivity index (χ4n) is 5.36. The highest BCUT2D eigenvalue weighted by Crippen LogP contribution is 2.41. The van der Waals surface area contributed by atoms with E-state index >= 15 is 4.39 Å². The van der Waals surface area contributed by atoms with Gasteiger partial charge in [-0.3, -0.25) is 10.1 Å². The van der Waals surface area contributed by atoms with Gasteiger partial charge in [-0.25, -0.2) is 9.37 Å². The Hall–Kier alpha value is -5.77. The summed E-state index contributed by atoms with van der Waals surface area (Å²) in [6, 6.07) is 34.6. The van der Waals surface area contributed by atoms with Crippen molar-refractivity contribution in [2.75, 3.05) is 0 Å². The molecule has 0 bridgehead atoms. The largest absolute Gasteiger partial charge is 0.475 e. The summed E-state index contributed by atoms with van der Waals surface area (Å²) in [6.07, 6.45) is 1.36. The standard InChI is InChI=1S/C34H27FN6O3/c1-23(2)44-31-19-18-24(22-36-31)32-29(20-28(40(42)43)21-30(32)35)33-37-39-41(38-33)34(25-12-6-3-7-13-25,26-14-8-4-9-15-26)27-16-10-5-11-17-27/h3-23H,1-2H3. The number of nitro groups is 1. The molecule has 10 heteroatoms. The summed E-state index contributed by atoms with van der Waals surface area (Å²) in [5.41, 5.74) is 1.59. The normalized spacial score (nSPS) is 11.5. The van der Waals surface area contributed by atoms with Crippen LogP contribution in [0.2, 0.25) is 0 Å². The van der Waals surface area contributed by atoms with E-state index in [9.17, 15) is 10.1 Å². The van der Waals surface area contributed by atoms with Crippen molar-refractivity contribution >= 4 is 5.69 Å². The molecule has 0 aliphatic rings. The van der Waals surface area contributed by atoms with E-state index in [1.807, 2.05) is 105 Å². The van der Waals surface area contributed by atoms with Gasteiger partial charge in [-0.15, -0.1) is 15.0 Å². The lowest BCUT2D eigenvalue weighted by molar-refractivity contribution is -0.385. The first-order valence-corrected chi connectivity index (χ1v) is 14.0. The van der Waals surface area contributed by atoms with Gasteiger partial charge in [0.05, 0.1) is 17.1 Å². The van der Waals surface area contributed by atoms with Gasteiger partial charge in [-0.2, -0.15) is 0 Å². The Labute approximate surface area is 252 Å². The minimum absolute atomic E-state index is 0.0114. The van der Waals surface area contributed by atoms with Gasteiger partial charge < -0.3 is 4.74 Å². The number of benzene rings is 4. The smallest absolute Gasteiger partial charge is 0.273 e. The Balaban J connectivity index is 1.59. The van der Waals surface area contributed by atoms with E-state index in [0.29, 0.717) is 11.4 Å². The molecule has 9 nitrogen and oxygen atoms in total. The van der Waals surface area contributed by atoms with Gasteiger partial charge in [0.25, 0.3) is 5.69 Å². The zero-order chi connectivity index (χ0) is 30.7. The highest BCUT2D eigenvalue weighted by Gasteiger charge is 2.41. The Morgan fingerprint density at radius 1 is 0.841 bits per heavy atom. The molecule has 0 atom stereocenters. The second-order valence-electron chi connectivity index (χ2n) is 10.4. The van der Waals surface area contributed by atoms with Gasteiger partial charge in [-0.1, -0.05) is 91.0 Å². The van der Waals surface area contributed by atoms with Gasteiger partial charge in [0.1, 0.15) is 5.82 Å². The number of ether oxygens (including phenoxy) is 1. The maximum absolute atomic E-state index is 15.7. The minimum atomic E-state index is -1.08. The van der Waals surface area contributed by atoms with Crippen molar-refractivity contribution in [2.24, 2.45) is 0 Å². The monoisotopic (exact) mass is 586 g/mol. The Bertz CT molecular complexity index is 1800. The van der Waals surface area contributed by atoms with Crippen molar-refractivity contribution in [1.82, 2.24) is 25.2 Å². The fraction of sp³-hybridized carbons (Fsp3) is 0.118. The van der Waals surface area contributed by atoms with Crippen molar-refractivity contribution in [1.29, 1.82) is 0 Å².